The monoisotopic (exact) mass is 331 g/mol. The fourth-order valence-corrected chi connectivity index (χ4v) is 2.73. The molecule has 3 nitrogen and oxygen atoms in total. The lowest BCUT2D eigenvalue weighted by molar-refractivity contribution is -0.137. The summed E-state index contributed by atoms with van der Waals surface area (Å²) in [4.78, 5) is 13.9. The summed E-state index contributed by atoms with van der Waals surface area (Å²) >= 11 is 1.24. The van der Waals surface area contributed by atoms with Crippen molar-refractivity contribution in [2.45, 2.75) is 37.4 Å². The van der Waals surface area contributed by atoms with Gasteiger partial charge in [0.05, 0.1) is 11.3 Å². The van der Waals surface area contributed by atoms with Gasteiger partial charge in [-0.25, -0.2) is 4.79 Å². The third kappa shape index (κ3) is 3.97. The maximum absolute atomic E-state index is 12.8. The average molecular weight is 331 g/mol. The predicted octanol–water partition coefficient (Wildman–Crippen LogP) is 5.07. The number of hydrogen-bond acceptors (Lipinski definition) is 3. The van der Waals surface area contributed by atoms with Crippen molar-refractivity contribution in [2.24, 2.45) is 0 Å². The van der Waals surface area contributed by atoms with Crippen molar-refractivity contribution in [1.29, 1.82) is 0 Å². The molecule has 7 heteroatoms. The molecule has 1 aliphatic rings. The third-order valence-corrected chi connectivity index (χ3v) is 3.72. The number of ether oxygens (including phenoxy) is 1. The maximum Gasteiger partial charge on any atom is 0.418 e. The van der Waals surface area contributed by atoms with Gasteiger partial charge in [0.2, 0.25) is 0 Å². The Morgan fingerprint density at radius 3 is 2.55 bits per heavy atom. The second kappa shape index (κ2) is 5.87. The molecule has 0 bridgehead atoms. The number of thioether (sulfide) groups is 1. The van der Waals surface area contributed by atoms with Crippen LogP contribution in [-0.2, 0) is 10.9 Å². The molecule has 0 fully saturated rings. The van der Waals surface area contributed by atoms with Gasteiger partial charge in [-0.3, -0.25) is 4.90 Å². The van der Waals surface area contributed by atoms with Crippen LogP contribution in [0.3, 0.4) is 0 Å². The molecular formula is C15H16F3NO2S. The van der Waals surface area contributed by atoms with Gasteiger partial charge in [-0.2, -0.15) is 13.2 Å². The molecule has 1 aromatic rings. The quantitative estimate of drug-likeness (QED) is 0.665. The molecule has 0 radical (unpaired) electrons. The molecule has 0 saturated heterocycles. The number of halogens is 3. The molecule has 0 saturated carbocycles. The van der Waals surface area contributed by atoms with Crippen LogP contribution in [0.2, 0.25) is 0 Å². The van der Waals surface area contributed by atoms with E-state index in [2.05, 4.69) is 0 Å². The number of rotatable bonds is 0. The van der Waals surface area contributed by atoms with Gasteiger partial charge < -0.3 is 4.74 Å². The van der Waals surface area contributed by atoms with Crippen LogP contribution < -0.4 is 4.90 Å². The minimum Gasteiger partial charge on any atom is -0.443 e. The minimum absolute atomic E-state index is 0.390. The van der Waals surface area contributed by atoms with Gasteiger partial charge in [0, 0.05) is 16.8 Å². The van der Waals surface area contributed by atoms with Crippen molar-refractivity contribution in [3.8, 4) is 0 Å². The molecule has 0 unspecified atom stereocenters. The zero-order chi connectivity index (χ0) is 16.5. The number of carbonyl (C=O) groups is 1. The van der Waals surface area contributed by atoms with Gasteiger partial charge in [0.25, 0.3) is 0 Å². The largest absolute Gasteiger partial charge is 0.443 e. The lowest BCUT2D eigenvalue weighted by Gasteiger charge is -2.26. The van der Waals surface area contributed by atoms with E-state index in [0.717, 1.165) is 12.1 Å². The number of nitrogens with zero attached hydrogens (tertiary/aromatic N) is 1. The molecular weight excluding hydrogens is 315 g/mol. The van der Waals surface area contributed by atoms with Crippen molar-refractivity contribution in [2.75, 3.05) is 10.7 Å². The van der Waals surface area contributed by atoms with Crippen molar-refractivity contribution < 1.29 is 22.7 Å². The van der Waals surface area contributed by atoms with Crippen LogP contribution in [0.15, 0.2) is 35.4 Å². The van der Waals surface area contributed by atoms with Crippen LogP contribution in [0.25, 0.3) is 0 Å². The van der Waals surface area contributed by atoms with Crippen LogP contribution in [0.4, 0.5) is 23.7 Å². The molecule has 2 rings (SSSR count). The van der Waals surface area contributed by atoms with E-state index in [1.165, 1.54) is 28.9 Å². The summed E-state index contributed by atoms with van der Waals surface area (Å²) in [6.45, 7) is 5.19. The Bertz CT molecular complexity index is 606. The predicted molar refractivity (Wildman–Crippen MR) is 80.0 cm³/mol. The number of anilines is 1. The third-order valence-electron chi connectivity index (χ3n) is 2.73. The number of fused-ring (bicyclic) bond motifs is 1. The van der Waals surface area contributed by atoms with Gasteiger partial charge in [0.1, 0.15) is 5.60 Å². The van der Waals surface area contributed by atoms with E-state index in [1.54, 1.807) is 26.8 Å². The van der Waals surface area contributed by atoms with E-state index >= 15 is 0 Å². The van der Waals surface area contributed by atoms with E-state index in [-0.39, 0.29) is 0 Å². The Balaban J connectivity index is 2.38. The van der Waals surface area contributed by atoms with Crippen molar-refractivity contribution in [3.63, 3.8) is 0 Å². The highest BCUT2D eigenvalue weighted by atomic mass is 32.2. The van der Waals surface area contributed by atoms with Crippen LogP contribution in [0.5, 0.6) is 0 Å². The average Bonchev–Trinajstić information content (AvgIpc) is 2.56. The highest BCUT2D eigenvalue weighted by Crippen LogP contribution is 2.39. The molecule has 1 aromatic carbocycles. The van der Waals surface area contributed by atoms with Crippen LogP contribution in [-0.4, -0.2) is 17.4 Å². The Morgan fingerprint density at radius 1 is 1.27 bits per heavy atom. The summed E-state index contributed by atoms with van der Waals surface area (Å²) in [5.74, 6) is 0.480. The summed E-state index contributed by atoms with van der Waals surface area (Å²) in [5, 5.41) is 0. The standard InChI is InChI=1S/C15H16F3NO2S/c1-14(2,3)21-13(20)19-7-4-8-22-12-9-10(15(16,17)18)5-6-11(12)19/h4-7,9H,8H2,1-3H3. The first-order valence-corrected chi connectivity index (χ1v) is 7.59. The molecule has 0 spiro atoms. The van der Waals surface area contributed by atoms with Crippen molar-refractivity contribution in [3.05, 3.63) is 36.0 Å². The highest BCUT2D eigenvalue weighted by Gasteiger charge is 2.32. The fraction of sp³-hybridized carbons (Fsp3) is 0.400. The molecule has 0 aliphatic carbocycles. The van der Waals surface area contributed by atoms with Gasteiger partial charge in [-0.05, 0) is 39.0 Å². The fourth-order valence-electron chi connectivity index (χ4n) is 1.84. The van der Waals surface area contributed by atoms with E-state index in [4.69, 9.17) is 4.74 Å². The van der Waals surface area contributed by atoms with Gasteiger partial charge in [-0.15, -0.1) is 11.8 Å². The topological polar surface area (TPSA) is 29.5 Å². The Labute approximate surface area is 131 Å². The molecule has 1 heterocycles. The maximum atomic E-state index is 12.8. The summed E-state index contributed by atoms with van der Waals surface area (Å²) in [7, 11) is 0. The Hall–Kier alpha value is -1.63. The Kier molecular flexibility index (Phi) is 4.47. The molecule has 1 aliphatic heterocycles. The van der Waals surface area contributed by atoms with E-state index in [0.29, 0.717) is 16.3 Å². The zero-order valence-electron chi connectivity index (χ0n) is 12.4. The lowest BCUT2D eigenvalue weighted by Crippen LogP contribution is -2.33. The molecule has 0 atom stereocenters. The van der Waals surface area contributed by atoms with Gasteiger partial charge in [-0.1, -0.05) is 6.08 Å². The number of hydrogen-bond donors (Lipinski definition) is 0. The lowest BCUT2D eigenvalue weighted by atomic mass is 10.2. The number of carbonyl (C=O) groups excluding carboxylic acids is 1. The van der Waals surface area contributed by atoms with E-state index in [9.17, 15) is 18.0 Å². The smallest absolute Gasteiger partial charge is 0.418 e. The molecule has 0 aromatic heterocycles. The summed E-state index contributed by atoms with van der Waals surface area (Å²) in [6, 6.07) is 3.32. The van der Waals surface area contributed by atoms with E-state index < -0.39 is 23.4 Å². The van der Waals surface area contributed by atoms with Crippen LogP contribution in [0.1, 0.15) is 26.3 Å². The van der Waals surface area contributed by atoms with Crippen molar-refractivity contribution >= 4 is 23.5 Å². The molecule has 120 valence electrons. The Morgan fingerprint density at radius 2 is 1.95 bits per heavy atom. The molecule has 22 heavy (non-hydrogen) atoms. The number of alkyl halides is 3. The second-order valence-electron chi connectivity index (χ2n) is 5.73. The normalized spacial score (nSPS) is 15.3. The molecule has 1 amide bonds. The number of benzene rings is 1. The van der Waals surface area contributed by atoms with E-state index in [1.807, 2.05) is 0 Å². The zero-order valence-corrected chi connectivity index (χ0v) is 13.2. The minimum atomic E-state index is -4.41. The first-order chi connectivity index (χ1) is 10.1. The first kappa shape index (κ1) is 16.7. The summed E-state index contributed by atoms with van der Waals surface area (Å²) < 4.78 is 43.7. The summed E-state index contributed by atoms with van der Waals surface area (Å²) in [5.41, 5.74) is -1.03. The molecule has 0 N–H and O–H groups in total. The van der Waals surface area contributed by atoms with Crippen molar-refractivity contribution in [1.82, 2.24) is 0 Å². The number of amides is 1. The second-order valence-corrected chi connectivity index (χ2v) is 6.79. The van der Waals surface area contributed by atoms with Crippen LogP contribution in [0, 0.1) is 0 Å². The van der Waals surface area contributed by atoms with Crippen LogP contribution >= 0.6 is 11.8 Å². The first-order valence-electron chi connectivity index (χ1n) is 6.61. The summed E-state index contributed by atoms with van der Waals surface area (Å²) in [6.07, 6.45) is -1.79. The SMILES string of the molecule is CC(C)(C)OC(=O)N1C=CCSc2cc(C(F)(F)F)ccc21. The van der Waals surface area contributed by atoms with Gasteiger partial charge in [0.15, 0.2) is 0 Å². The highest BCUT2D eigenvalue weighted by molar-refractivity contribution is 7.99. The van der Waals surface area contributed by atoms with Gasteiger partial charge >= 0.3 is 12.3 Å².